The maximum Gasteiger partial charge on any atom is 0.154 e. The van der Waals surface area contributed by atoms with Crippen LogP contribution in [0.15, 0.2) is 18.2 Å². The molecule has 0 unspecified atom stereocenters. The molecule has 1 N–H and O–H groups in total. The van der Waals surface area contributed by atoms with Crippen LogP contribution in [-0.4, -0.2) is 33.1 Å². The van der Waals surface area contributed by atoms with E-state index in [2.05, 4.69) is 4.68 Å². The van der Waals surface area contributed by atoms with E-state index in [4.69, 9.17) is 26.4 Å². The number of hydrogen-bond donors (Lipinski definition) is 1. The summed E-state index contributed by atoms with van der Waals surface area (Å²) in [5.74, 6) is 2.50. The molecular formula is C20H26ClN3O2. The molecule has 0 amide bonds. The number of benzene rings is 1. The van der Waals surface area contributed by atoms with Gasteiger partial charge in [-0.05, 0) is 43.4 Å². The van der Waals surface area contributed by atoms with Crippen LogP contribution in [0.4, 0.5) is 0 Å². The Balaban J connectivity index is 1.63. The minimum atomic E-state index is 0.118. The van der Waals surface area contributed by atoms with Gasteiger partial charge in [-0.25, -0.2) is 9.67 Å². The molecule has 2 heterocycles. The Hall–Kier alpha value is -1.59. The Kier molecular flexibility index (Phi) is 5.46. The molecule has 140 valence electrons. The zero-order chi connectivity index (χ0) is 17.9. The second kappa shape index (κ2) is 7.97. The largest absolute Gasteiger partial charge is 0.506 e. The molecule has 5 nitrogen and oxygen atoms in total. The van der Waals surface area contributed by atoms with Gasteiger partial charge in [-0.1, -0.05) is 36.9 Å². The fourth-order valence-electron chi connectivity index (χ4n) is 4.08. The number of phenolic OH excluding ortho intramolecular Hbond substituents is 1. The number of rotatable bonds is 4. The Morgan fingerprint density at radius 3 is 2.62 bits per heavy atom. The third-order valence-corrected chi connectivity index (χ3v) is 5.90. The highest BCUT2D eigenvalue weighted by Crippen LogP contribution is 2.32. The molecule has 1 aliphatic heterocycles. The van der Waals surface area contributed by atoms with Crippen LogP contribution in [0.25, 0.3) is 0 Å². The molecule has 26 heavy (non-hydrogen) atoms. The molecule has 6 heteroatoms. The van der Waals surface area contributed by atoms with Gasteiger partial charge >= 0.3 is 0 Å². The van der Waals surface area contributed by atoms with E-state index in [-0.39, 0.29) is 5.75 Å². The predicted molar refractivity (Wildman–Crippen MR) is 101 cm³/mol. The first kappa shape index (κ1) is 17.8. The van der Waals surface area contributed by atoms with Gasteiger partial charge in [-0.3, -0.25) is 0 Å². The Bertz CT molecular complexity index is 750. The predicted octanol–water partition coefficient (Wildman–Crippen LogP) is 4.63. The van der Waals surface area contributed by atoms with E-state index in [1.54, 1.807) is 6.07 Å². The smallest absolute Gasteiger partial charge is 0.154 e. The fraction of sp³-hybridized carbons (Fsp3) is 0.600. The molecule has 0 spiro atoms. The molecule has 2 aliphatic rings. The second-order valence-electron chi connectivity index (χ2n) is 7.47. The van der Waals surface area contributed by atoms with E-state index >= 15 is 0 Å². The lowest BCUT2D eigenvalue weighted by molar-refractivity contribution is 0.0834. The van der Waals surface area contributed by atoms with E-state index in [0.29, 0.717) is 23.4 Å². The van der Waals surface area contributed by atoms with Crippen molar-refractivity contribution in [1.29, 1.82) is 0 Å². The van der Waals surface area contributed by atoms with Gasteiger partial charge in [0.1, 0.15) is 11.6 Å². The first-order chi connectivity index (χ1) is 12.7. The molecule has 1 saturated heterocycles. The molecule has 4 rings (SSSR count). The number of aromatic hydroxyl groups is 1. The lowest BCUT2D eigenvalue weighted by Crippen LogP contribution is -2.18. The molecule has 0 atom stereocenters. The molecule has 1 aromatic heterocycles. The monoisotopic (exact) mass is 375 g/mol. The first-order valence-corrected chi connectivity index (χ1v) is 10.1. The first-order valence-electron chi connectivity index (χ1n) is 9.71. The van der Waals surface area contributed by atoms with Crippen LogP contribution in [0, 0.1) is 0 Å². The summed E-state index contributed by atoms with van der Waals surface area (Å²) in [5, 5.41) is 15.0. The van der Waals surface area contributed by atoms with E-state index in [0.717, 1.165) is 43.3 Å². The third kappa shape index (κ3) is 3.89. The maximum absolute atomic E-state index is 9.67. The van der Waals surface area contributed by atoms with Crippen LogP contribution < -0.4 is 0 Å². The van der Waals surface area contributed by atoms with Crippen LogP contribution in [0.2, 0.25) is 5.02 Å². The highest BCUT2D eigenvalue weighted by molar-refractivity contribution is 6.32. The Morgan fingerprint density at radius 2 is 1.88 bits per heavy atom. The van der Waals surface area contributed by atoms with E-state index < -0.39 is 0 Å². The van der Waals surface area contributed by atoms with Crippen LogP contribution in [0.1, 0.15) is 74.1 Å². The Morgan fingerprint density at radius 1 is 1.12 bits per heavy atom. The summed E-state index contributed by atoms with van der Waals surface area (Å²) in [7, 11) is 0. The van der Waals surface area contributed by atoms with Crippen molar-refractivity contribution in [2.45, 2.75) is 63.3 Å². The minimum absolute atomic E-state index is 0.118. The summed E-state index contributed by atoms with van der Waals surface area (Å²) in [6, 6.07) is 5.84. The lowest BCUT2D eigenvalue weighted by atomic mass is 9.95. The van der Waals surface area contributed by atoms with Gasteiger partial charge in [0.15, 0.2) is 5.82 Å². The van der Waals surface area contributed by atoms with Gasteiger partial charge in [-0.2, -0.15) is 5.10 Å². The molecule has 2 fully saturated rings. The van der Waals surface area contributed by atoms with Gasteiger partial charge in [0.2, 0.25) is 0 Å². The molecule has 1 aromatic carbocycles. The van der Waals surface area contributed by atoms with Crippen LogP contribution in [0.3, 0.4) is 0 Å². The number of nitrogens with zero attached hydrogens (tertiary/aromatic N) is 3. The van der Waals surface area contributed by atoms with Crippen molar-refractivity contribution in [2.75, 3.05) is 13.2 Å². The minimum Gasteiger partial charge on any atom is -0.506 e. The fourth-order valence-corrected chi connectivity index (χ4v) is 4.29. The van der Waals surface area contributed by atoms with E-state index in [1.807, 2.05) is 12.1 Å². The molecular weight excluding hydrogens is 350 g/mol. The SMILES string of the molecule is Oc1ccc(Cc2nc(C3CCOCC3)nn2C2CCCCC2)cc1Cl. The van der Waals surface area contributed by atoms with Crippen molar-refractivity contribution >= 4 is 11.6 Å². The lowest BCUT2D eigenvalue weighted by Gasteiger charge is -2.23. The van der Waals surface area contributed by atoms with Crippen molar-refractivity contribution in [3.8, 4) is 5.75 Å². The maximum atomic E-state index is 9.67. The van der Waals surface area contributed by atoms with Crippen molar-refractivity contribution in [3.63, 3.8) is 0 Å². The number of aromatic nitrogens is 3. The quantitative estimate of drug-likeness (QED) is 0.846. The average molecular weight is 376 g/mol. The molecule has 0 bridgehead atoms. The summed E-state index contributed by atoms with van der Waals surface area (Å²) in [5.41, 5.74) is 1.05. The molecule has 2 aromatic rings. The third-order valence-electron chi connectivity index (χ3n) is 5.60. The summed E-state index contributed by atoms with van der Waals surface area (Å²) < 4.78 is 7.68. The normalized spacial score (nSPS) is 19.7. The zero-order valence-corrected chi connectivity index (χ0v) is 15.8. The summed E-state index contributed by atoms with van der Waals surface area (Å²) in [6.45, 7) is 1.59. The van der Waals surface area contributed by atoms with Crippen molar-refractivity contribution in [2.24, 2.45) is 0 Å². The molecule has 1 saturated carbocycles. The van der Waals surface area contributed by atoms with Gasteiger partial charge in [-0.15, -0.1) is 0 Å². The standard InChI is InChI=1S/C20H26ClN3O2/c21-17-12-14(6-7-18(17)25)13-19-22-20(15-8-10-26-11-9-15)23-24(19)16-4-2-1-3-5-16/h6-7,12,15-16,25H,1-5,8-11,13H2. The summed E-state index contributed by atoms with van der Waals surface area (Å²) in [6.07, 6.45) is 8.90. The number of phenols is 1. The van der Waals surface area contributed by atoms with Crippen LogP contribution in [0.5, 0.6) is 5.75 Å². The number of hydrogen-bond acceptors (Lipinski definition) is 4. The topological polar surface area (TPSA) is 60.2 Å². The van der Waals surface area contributed by atoms with Gasteiger partial charge in [0.25, 0.3) is 0 Å². The van der Waals surface area contributed by atoms with Crippen molar-refractivity contribution in [3.05, 3.63) is 40.4 Å². The van der Waals surface area contributed by atoms with Gasteiger partial charge in [0, 0.05) is 25.6 Å². The van der Waals surface area contributed by atoms with Gasteiger partial charge in [0.05, 0.1) is 11.1 Å². The van der Waals surface area contributed by atoms with Gasteiger partial charge < -0.3 is 9.84 Å². The molecule has 1 aliphatic carbocycles. The molecule has 0 radical (unpaired) electrons. The summed E-state index contributed by atoms with van der Waals surface area (Å²) >= 11 is 6.09. The van der Waals surface area contributed by atoms with E-state index in [9.17, 15) is 5.11 Å². The number of halogens is 1. The number of ether oxygens (including phenoxy) is 1. The van der Waals surface area contributed by atoms with Crippen molar-refractivity contribution < 1.29 is 9.84 Å². The van der Waals surface area contributed by atoms with Crippen LogP contribution in [-0.2, 0) is 11.2 Å². The van der Waals surface area contributed by atoms with Crippen LogP contribution >= 0.6 is 11.6 Å². The Labute approximate surface area is 159 Å². The second-order valence-corrected chi connectivity index (χ2v) is 7.88. The highest BCUT2D eigenvalue weighted by Gasteiger charge is 2.26. The van der Waals surface area contributed by atoms with Crippen molar-refractivity contribution in [1.82, 2.24) is 14.8 Å². The average Bonchev–Trinajstić information content (AvgIpc) is 3.10. The van der Waals surface area contributed by atoms with E-state index in [1.165, 1.54) is 32.1 Å². The zero-order valence-electron chi connectivity index (χ0n) is 15.0. The summed E-state index contributed by atoms with van der Waals surface area (Å²) in [4.78, 5) is 4.95. The highest BCUT2D eigenvalue weighted by atomic mass is 35.5.